The van der Waals surface area contributed by atoms with Gasteiger partial charge in [-0.1, -0.05) is 6.42 Å². The Morgan fingerprint density at radius 3 is 3.00 bits per heavy atom. The lowest BCUT2D eigenvalue weighted by molar-refractivity contribution is 0.400. The van der Waals surface area contributed by atoms with Crippen LogP contribution in [0.1, 0.15) is 42.3 Å². The molecule has 1 fully saturated rings. The summed E-state index contributed by atoms with van der Waals surface area (Å²) in [5.74, 6) is 1.74. The van der Waals surface area contributed by atoms with E-state index in [2.05, 4.69) is 15.3 Å². The number of aromatic nitrogens is 2. The monoisotopic (exact) mass is 175 g/mol. The molecule has 0 atom stereocenters. The van der Waals surface area contributed by atoms with Crippen LogP contribution in [0.15, 0.2) is 6.20 Å². The average Bonchev–Trinajstić information content (AvgIpc) is 2.47. The zero-order valence-corrected chi connectivity index (χ0v) is 7.58. The fraction of sp³-hybridized carbons (Fsp3) is 0.600. The quantitative estimate of drug-likeness (QED) is 0.700. The first-order valence-corrected chi connectivity index (χ1v) is 4.99. The molecule has 0 unspecified atom stereocenters. The van der Waals surface area contributed by atoms with Gasteiger partial charge in [-0.25, -0.2) is 9.97 Å². The van der Waals surface area contributed by atoms with Crippen molar-refractivity contribution in [1.82, 2.24) is 15.3 Å². The molecule has 0 aromatic carbocycles. The van der Waals surface area contributed by atoms with Crippen LogP contribution >= 0.6 is 0 Å². The van der Waals surface area contributed by atoms with Crippen LogP contribution in [0.3, 0.4) is 0 Å². The topological polar surface area (TPSA) is 37.8 Å². The molecule has 1 aromatic rings. The summed E-state index contributed by atoms with van der Waals surface area (Å²) in [5.41, 5.74) is 2.50. The van der Waals surface area contributed by atoms with E-state index in [0.29, 0.717) is 5.92 Å². The number of hydrogen-bond donors (Lipinski definition) is 1. The Hall–Kier alpha value is -0.960. The molecular formula is C10H13N3. The molecule has 1 aliphatic carbocycles. The van der Waals surface area contributed by atoms with Gasteiger partial charge in [0.25, 0.3) is 0 Å². The van der Waals surface area contributed by atoms with Crippen LogP contribution in [0.25, 0.3) is 0 Å². The number of hydrogen-bond acceptors (Lipinski definition) is 3. The minimum atomic E-state index is 0.658. The van der Waals surface area contributed by atoms with Gasteiger partial charge in [0.15, 0.2) is 0 Å². The van der Waals surface area contributed by atoms with Crippen molar-refractivity contribution in [2.45, 2.75) is 38.3 Å². The Bertz CT molecular complexity index is 331. The van der Waals surface area contributed by atoms with E-state index < -0.39 is 0 Å². The van der Waals surface area contributed by atoms with Crippen LogP contribution in [0.4, 0.5) is 0 Å². The molecule has 3 heteroatoms. The van der Waals surface area contributed by atoms with Gasteiger partial charge in [0.1, 0.15) is 5.82 Å². The molecule has 0 amide bonds. The van der Waals surface area contributed by atoms with E-state index in [-0.39, 0.29) is 0 Å². The predicted molar refractivity (Wildman–Crippen MR) is 49.2 cm³/mol. The summed E-state index contributed by atoms with van der Waals surface area (Å²) >= 11 is 0. The van der Waals surface area contributed by atoms with Gasteiger partial charge in [0.05, 0.1) is 5.69 Å². The Labute approximate surface area is 77.6 Å². The van der Waals surface area contributed by atoms with Gasteiger partial charge in [0, 0.05) is 30.8 Å². The maximum Gasteiger partial charge on any atom is 0.131 e. The van der Waals surface area contributed by atoms with E-state index in [1.165, 1.54) is 30.5 Å². The van der Waals surface area contributed by atoms with E-state index in [1.54, 1.807) is 0 Å². The van der Waals surface area contributed by atoms with E-state index in [4.69, 9.17) is 0 Å². The van der Waals surface area contributed by atoms with Crippen molar-refractivity contribution < 1.29 is 0 Å². The normalized spacial score (nSPS) is 21.2. The van der Waals surface area contributed by atoms with Crippen molar-refractivity contribution in [2.75, 3.05) is 0 Å². The SMILES string of the molecule is c1nc(C2CCC2)nc2c1CNC2. The maximum absolute atomic E-state index is 4.60. The fourth-order valence-corrected chi connectivity index (χ4v) is 1.94. The molecule has 2 heterocycles. The van der Waals surface area contributed by atoms with Crippen LogP contribution in [0, 0.1) is 0 Å². The van der Waals surface area contributed by atoms with Gasteiger partial charge in [-0.3, -0.25) is 0 Å². The molecule has 3 nitrogen and oxygen atoms in total. The first-order valence-electron chi connectivity index (χ1n) is 4.99. The third kappa shape index (κ3) is 1.15. The summed E-state index contributed by atoms with van der Waals surface area (Å²) in [6, 6.07) is 0. The molecule has 2 aliphatic rings. The van der Waals surface area contributed by atoms with Crippen molar-refractivity contribution in [2.24, 2.45) is 0 Å². The summed E-state index contributed by atoms with van der Waals surface area (Å²) in [6.45, 7) is 1.87. The second-order valence-corrected chi connectivity index (χ2v) is 3.93. The largest absolute Gasteiger partial charge is 0.307 e. The highest BCUT2D eigenvalue weighted by Gasteiger charge is 2.23. The van der Waals surface area contributed by atoms with Crippen LogP contribution in [0.2, 0.25) is 0 Å². The fourth-order valence-electron chi connectivity index (χ4n) is 1.94. The predicted octanol–water partition coefficient (Wildman–Crippen LogP) is 1.35. The molecular weight excluding hydrogens is 162 g/mol. The lowest BCUT2D eigenvalue weighted by atomic mass is 9.85. The Kier molecular flexibility index (Phi) is 1.59. The zero-order chi connectivity index (χ0) is 8.67. The first kappa shape index (κ1) is 7.44. The number of nitrogens with one attached hydrogen (secondary N) is 1. The molecule has 13 heavy (non-hydrogen) atoms. The highest BCUT2D eigenvalue weighted by Crippen LogP contribution is 2.34. The molecule has 1 aromatic heterocycles. The van der Waals surface area contributed by atoms with E-state index >= 15 is 0 Å². The summed E-state index contributed by atoms with van der Waals surface area (Å²) in [7, 11) is 0. The van der Waals surface area contributed by atoms with Crippen LogP contribution in [-0.2, 0) is 13.1 Å². The highest BCUT2D eigenvalue weighted by molar-refractivity contribution is 5.22. The summed E-state index contributed by atoms with van der Waals surface area (Å²) in [4.78, 5) is 9.02. The lowest BCUT2D eigenvalue weighted by Gasteiger charge is -2.23. The molecule has 1 saturated carbocycles. The average molecular weight is 175 g/mol. The highest BCUT2D eigenvalue weighted by atomic mass is 15.0. The summed E-state index contributed by atoms with van der Waals surface area (Å²) in [5, 5.41) is 3.29. The van der Waals surface area contributed by atoms with Gasteiger partial charge < -0.3 is 5.32 Å². The standard InChI is InChI=1S/C10H13N3/c1-2-7(3-1)10-12-5-8-4-11-6-9(8)13-10/h5,7,11H,1-4,6H2. The van der Waals surface area contributed by atoms with Crippen molar-refractivity contribution >= 4 is 0 Å². The van der Waals surface area contributed by atoms with Crippen LogP contribution in [0.5, 0.6) is 0 Å². The van der Waals surface area contributed by atoms with Gasteiger partial charge >= 0.3 is 0 Å². The molecule has 0 bridgehead atoms. The molecule has 0 saturated heterocycles. The van der Waals surface area contributed by atoms with E-state index in [1.807, 2.05) is 6.20 Å². The number of rotatable bonds is 1. The zero-order valence-electron chi connectivity index (χ0n) is 7.58. The smallest absolute Gasteiger partial charge is 0.131 e. The summed E-state index contributed by atoms with van der Waals surface area (Å²) in [6.07, 6.45) is 5.91. The molecule has 1 aliphatic heterocycles. The van der Waals surface area contributed by atoms with Gasteiger partial charge in [-0.15, -0.1) is 0 Å². The van der Waals surface area contributed by atoms with Crippen LogP contribution < -0.4 is 5.32 Å². The minimum absolute atomic E-state index is 0.658. The molecule has 0 spiro atoms. The van der Waals surface area contributed by atoms with E-state index in [9.17, 15) is 0 Å². The third-order valence-electron chi connectivity index (χ3n) is 3.05. The molecule has 0 radical (unpaired) electrons. The molecule has 68 valence electrons. The molecule has 3 rings (SSSR count). The summed E-state index contributed by atoms with van der Waals surface area (Å²) < 4.78 is 0. The van der Waals surface area contributed by atoms with E-state index in [0.717, 1.165) is 18.9 Å². The molecule has 1 N–H and O–H groups in total. The number of fused-ring (bicyclic) bond motifs is 1. The maximum atomic E-state index is 4.60. The lowest BCUT2D eigenvalue weighted by Crippen LogP contribution is -2.13. The van der Waals surface area contributed by atoms with Crippen LogP contribution in [-0.4, -0.2) is 9.97 Å². The second-order valence-electron chi connectivity index (χ2n) is 3.93. The minimum Gasteiger partial charge on any atom is -0.307 e. The van der Waals surface area contributed by atoms with Crippen molar-refractivity contribution in [1.29, 1.82) is 0 Å². The Morgan fingerprint density at radius 2 is 2.23 bits per heavy atom. The van der Waals surface area contributed by atoms with Crippen molar-refractivity contribution in [3.8, 4) is 0 Å². The second kappa shape index (κ2) is 2.77. The van der Waals surface area contributed by atoms with Gasteiger partial charge in [-0.2, -0.15) is 0 Å². The van der Waals surface area contributed by atoms with Gasteiger partial charge in [-0.05, 0) is 12.8 Å². The van der Waals surface area contributed by atoms with Gasteiger partial charge in [0.2, 0.25) is 0 Å². The first-order chi connectivity index (χ1) is 6.43. The van der Waals surface area contributed by atoms with Crippen molar-refractivity contribution in [3.63, 3.8) is 0 Å². The third-order valence-corrected chi connectivity index (χ3v) is 3.05. The Balaban J connectivity index is 1.95. The van der Waals surface area contributed by atoms with Crippen molar-refractivity contribution in [3.05, 3.63) is 23.3 Å². The Morgan fingerprint density at radius 1 is 1.31 bits per heavy atom. The number of nitrogens with zero attached hydrogens (tertiary/aromatic N) is 2.